The summed E-state index contributed by atoms with van der Waals surface area (Å²) < 4.78 is 0. The zero-order valence-corrected chi connectivity index (χ0v) is 14.1. The number of hydrogen-bond donors (Lipinski definition) is 2. The number of hydrogen-bond acceptors (Lipinski definition) is 3. The number of anilines is 1. The molecule has 122 valence electrons. The van der Waals surface area contributed by atoms with Crippen molar-refractivity contribution in [3.05, 3.63) is 59.9 Å². The second kappa shape index (κ2) is 8.78. The van der Waals surface area contributed by atoms with E-state index in [9.17, 15) is 0 Å². The standard InChI is InChI=1S/C18H25N5/c1-19-18(22-14-16-6-4-5-12-20-16)21-13-11-15-7-9-17(10-8-15)23(2)3/h4-10,12H,11,13-14H2,1-3H3,(H2,19,21,22). The minimum atomic E-state index is 0.665. The summed E-state index contributed by atoms with van der Waals surface area (Å²) in [4.78, 5) is 10.6. The molecule has 1 aromatic heterocycles. The van der Waals surface area contributed by atoms with Gasteiger partial charge < -0.3 is 15.5 Å². The first-order valence-corrected chi connectivity index (χ1v) is 7.79. The molecule has 1 heterocycles. The van der Waals surface area contributed by atoms with Crippen LogP contribution < -0.4 is 15.5 Å². The van der Waals surface area contributed by atoms with Gasteiger partial charge >= 0.3 is 0 Å². The predicted octanol–water partition coefficient (Wildman–Crippen LogP) is 2.06. The maximum atomic E-state index is 4.29. The molecule has 1 aromatic carbocycles. The molecule has 0 fully saturated rings. The fourth-order valence-corrected chi connectivity index (χ4v) is 2.18. The number of pyridine rings is 1. The summed E-state index contributed by atoms with van der Waals surface area (Å²) in [6.07, 6.45) is 2.75. The Bertz CT molecular complexity index is 605. The maximum absolute atomic E-state index is 4.29. The fourth-order valence-electron chi connectivity index (χ4n) is 2.18. The largest absolute Gasteiger partial charge is 0.378 e. The molecule has 0 saturated heterocycles. The maximum Gasteiger partial charge on any atom is 0.191 e. The average Bonchev–Trinajstić information content (AvgIpc) is 2.59. The van der Waals surface area contributed by atoms with E-state index in [1.807, 2.05) is 32.3 Å². The highest BCUT2D eigenvalue weighted by Gasteiger charge is 2.00. The van der Waals surface area contributed by atoms with Gasteiger partial charge in [-0.2, -0.15) is 0 Å². The molecule has 0 bridgehead atoms. The molecule has 0 aliphatic carbocycles. The van der Waals surface area contributed by atoms with E-state index in [4.69, 9.17) is 0 Å². The Morgan fingerprint density at radius 1 is 1.09 bits per heavy atom. The van der Waals surface area contributed by atoms with Gasteiger partial charge in [0.2, 0.25) is 0 Å². The normalized spacial score (nSPS) is 11.2. The van der Waals surface area contributed by atoms with E-state index < -0.39 is 0 Å². The van der Waals surface area contributed by atoms with Crippen LogP contribution in [0.3, 0.4) is 0 Å². The molecule has 5 heteroatoms. The SMILES string of the molecule is CN=C(NCCc1ccc(N(C)C)cc1)NCc1ccccn1. The van der Waals surface area contributed by atoms with Crippen molar-refractivity contribution in [3.8, 4) is 0 Å². The van der Waals surface area contributed by atoms with Gasteiger partial charge in [-0.25, -0.2) is 0 Å². The molecule has 0 radical (unpaired) electrons. The van der Waals surface area contributed by atoms with E-state index in [-0.39, 0.29) is 0 Å². The quantitative estimate of drug-likeness (QED) is 0.633. The lowest BCUT2D eigenvalue weighted by molar-refractivity contribution is 0.783. The van der Waals surface area contributed by atoms with Gasteiger partial charge in [0.1, 0.15) is 0 Å². The molecule has 0 aliphatic rings. The van der Waals surface area contributed by atoms with Crippen molar-refractivity contribution in [1.29, 1.82) is 0 Å². The highest BCUT2D eigenvalue weighted by Crippen LogP contribution is 2.12. The van der Waals surface area contributed by atoms with Gasteiger partial charge in [0.05, 0.1) is 12.2 Å². The molecule has 2 rings (SSSR count). The lowest BCUT2D eigenvalue weighted by atomic mass is 10.1. The lowest BCUT2D eigenvalue weighted by Gasteiger charge is -2.14. The van der Waals surface area contributed by atoms with Crippen LogP contribution in [0.5, 0.6) is 0 Å². The van der Waals surface area contributed by atoms with Crippen LogP contribution >= 0.6 is 0 Å². The first kappa shape index (κ1) is 16.8. The summed E-state index contributed by atoms with van der Waals surface area (Å²) in [5.74, 6) is 0.792. The summed E-state index contributed by atoms with van der Waals surface area (Å²) in [6.45, 7) is 1.50. The molecule has 0 unspecified atom stereocenters. The van der Waals surface area contributed by atoms with Crippen LogP contribution in [0.4, 0.5) is 5.69 Å². The van der Waals surface area contributed by atoms with Crippen LogP contribution in [0.2, 0.25) is 0 Å². The van der Waals surface area contributed by atoms with Gasteiger partial charge in [0.25, 0.3) is 0 Å². The Labute approximate surface area is 138 Å². The Balaban J connectivity index is 1.75. The van der Waals surface area contributed by atoms with Crippen LogP contribution in [0.25, 0.3) is 0 Å². The summed E-state index contributed by atoms with van der Waals surface area (Å²) >= 11 is 0. The van der Waals surface area contributed by atoms with Gasteiger partial charge in [0.15, 0.2) is 5.96 Å². The third-order valence-electron chi connectivity index (χ3n) is 3.55. The van der Waals surface area contributed by atoms with Gasteiger partial charge in [-0.3, -0.25) is 9.98 Å². The van der Waals surface area contributed by atoms with Crippen molar-refractivity contribution in [2.75, 3.05) is 32.6 Å². The van der Waals surface area contributed by atoms with E-state index in [0.29, 0.717) is 6.54 Å². The molecular weight excluding hydrogens is 286 g/mol. The van der Waals surface area contributed by atoms with Crippen molar-refractivity contribution >= 4 is 11.6 Å². The zero-order chi connectivity index (χ0) is 16.5. The van der Waals surface area contributed by atoms with E-state index in [0.717, 1.165) is 24.6 Å². The van der Waals surface area contributed by atoms with E-state index in [1.165, 1.54) is 11.3 Å². The molecule has 2 N–H and O–H groups in total. The predicted molar refractivity (Wildman–Crippen MR) is 96.9 cm³/mol. The molecule has 0 saturated carbocycles. The van der Waals surface area contributed by atoms with Crippen molar-refractivity contribution < 1.29 is 0 Å². The Morgan fingerprint density at radius 2 is 1.87 bits per heavy atom. The Kier molecular flexibility index (Phi) is 6.41. The molecule has 0 atom stereocenters. The van der Waals surface area contributed by atoms with Crippen LogP contribution in [-0.4, -0.2) is 38.6 Å². The Hall–Kier alpha value is -2.56. The number of benzene rings is 1. The third kappa shape index (κ3) is 5.62. The number of aliphatic imine (C=N–C) groups is 1. The van der Waals surface area contributed by atoms with Gasteiger partial charge in [-0.1, -0.05) is 18.2 Å². The average molecular weight is 311 g/mol. The first-order chi connectivity index (χ1) is 11.2. The van der Waals surface area contributed by atoms with E-state index in [1.54, 1.807) is 13.2 Å². The van der Waals surface area contributed by atoms with Crippen molar-refractivity contribution in [1.82, 2.24) is 15.6 Å². The van der Waals surface area contributed by atoms with Crippen LogP contribution in [-0.2, 0) is 13.0 Å². The van der Waals surface area contributed by atoms with Gasteiger partial charge in [-0.15, -0.1) is 0 Å². The highest BCUT2D eigenvalue weighted by molar-refractivity contribution is 5.79. The molecule has 5 nitrogen and oxygen atoms in total. The van der Waals surface area contributed by atoms with Crippen molar-refractivity contribution in [2.24, 2.45) is 4.99 Å². The minimum Gasteiger partial charge on any atom is -0.378 e. The molecule has 0 spiro atoms. The smallest absolute Gasteiger partial charge is 0.191 e. The van der Waals surface area contributed by atoms with Crippen molar-refractivity contribution in [3.63, 3.8) is 0 Å². The minimum absolute atomic E-state index is 0.665. The summed E-state index contributed by atoms with van der Waals surface area (Å²) in [5.41, 5.74) is 3.52. The van der Waals surface area contributed by atoms with Gasteiger partial charge in [0, 0.05) is 39.6 Å². The van der Waals surface area contributed by atoms with Crippen LogP contribution in [0.15, 0.2) is 53.7 Å². The highest BCUT2D eigenvalue weighted by atomic mass is 15.2. The summed E-state index contributed by atoms with van der Waals surface area (Å²) in [6, 6.07) is 14.5. The first-order valence-electron chi connectivity index (χ1n) is 7.79. The number of rotatable bonds is 6. The molecule has 23 heavy (non-hydrogen) atoms. The zero-order valence-electron chi connectivity index (χ0n) is 14.1. The van der Waals surface area contributed by atoms with E-state index >= 15 is 0 Å². The topological polar surface area (TPSA) is 52.6 Å². The van der Waals surface area contributed by atoms with Gasteiger partial charge in [-0.05, 0) is 36.2 Å². The van der Waals surface area contributed by atoms with Crippen LogP contribution in [0, 0.1) is 0 Å². The second-order valence-corrected chi connectivity index (χ2v) is 5.48. The lowest BCUT2D eigenvalue weighted by Crippen LogP contribution is -2.38. The van der Waals surface area contributed by atoms with Crippen molar-refractivity contribution in [2.45, 2.75) is 13.0 Å². The Morgan fingerprint density at radius 3 is 2.48 bits per heavy atom. The monoisotopic (exact) mass is 311 g/mol. The molecular formula is C18H25N5. The second-order valence-electron chi connectivity index (χ2n) is 5.48. The molecule has 2 aromatic rings. The fraction of sp³-hybridized carbons (Fsp3) is 0.333. The molecule has 0 amide bonds. The molecule has 0 aliphatic heterocycles. The van der Waals surface area contributed by atoms with E-state index in [2.05, 4.69) is 49.8 Å². The number of guanidine groups is 1. The third-order valence-corrected chi connectivity index (χ3v) is 3.55. The summed E-state index contributed by atoms with van der Waals surface area (Å²) in [5, 5.41) is 6.59. The number of nitrogens with one attached hydrogen (secondary N) is 2. The summed E-state index contributed by atoms with van der Waals surface area (Å²) in [7, 11) is 5.88. The number of nitrogens with zero attached hydrogens (tertiary/aromatic N) is 3. The van der Waals surface area contributed by atoms with Crippen LogP contribution in [0.1, 0.15) is 11.3 Å². The number of aromatic nitrogens is 1.